The first-order valence-corrected chi connectivity index (χ1v) is 16.2. The lowest BCUT2D eigenvalue weighted by Gasteiger charge is -2.45. The van der Waals surface area contributed by atoms with Crippen LogP contribution in [0.5, 0.6) is 0 Å². The molecular formula is C35H53F2N3O3. The van der Waals surface area contributed by atoms with Crippen LogP contribution >= 0.6 is 0 Å². The third-order valence-corrected chi connectivity index (χ3v) is 10.2. The van der Waals surface area contributed by atoms with Gasteiger partial charge in [0.05, 0.1) is 18.0 Å². The Hall–Kier alpha value is -2.35. The summed E-state index contributed by atoms with van der Waals surface area (Å²) in [5.41, 5.74) is -0.300. The zero-order chi connectivity index (χ0) is 32.1. The fraction of sp³-hybridized carbons (Fsp3) is 0.743. The summed E-state index contributed by atoms with van der Waals surface area (Å²) in [4.78, 5) is 47.9. The monoisotopic (exact) mass is 601 g/mol. The molecule has 2 amide bonds. The molecule has 1 saturated carbocycles. The molecule has 2 heterocycles. The lowest BCUT2D eigenvalue weighted by molar-refractivity contribution is -0.147. The highest BCUT2D eigenvalue weighted by Gasteiger charge is 2.51. The van der Waals surface area contributed by atoms with Crippen molar-refractivity contribution in [3.63, 3.8) is 0 Å². The van der Waals surface area contributed by atoms with E-state index < -0.39 is 34.9 Å². The summed E-state index contributed by atoms with van der Waals surface area (Å²) in [6.07, 6.45) is 4.56. The normalized spacial score (nSPS) is 27.0. The molecule has 0 aromatic heterocycles. The van der Waals surface area contributed by atoms with E-state index in [1.54, 1.807) is 4.90 Å². The van der Waals surface area contributed by atoms with Crippen LogP contribution in [0.3, 0.4) is 0 Å². The maximum absolute atomic E-state index is 15.1. The molecule has 0 bridgehead atoms. The molecule has 8 heteroatoms. The van der Waals surface area contributed by atoms with Gasteiger partial charge in [0.15, 0.2) is 5.78 Å². The zero-order valence-electron chi connectivity index (χ0n) is 27.8. The van der Waals surface area contributed by atoms with E-state index in [1.165, 1.54) is 12.1 Å². The Kier molecular flexibility index (Phi) is 9.52. The second kappa shape index (κ2) is 12.2. The molecule has 1 unspecified atom stereocenters. The van der Waals surface area contributed by atoms with Crippen molar-refractivity contribution in [2.75, 3.05) is 19.6 Å². The number of carbonyl (C=O) groups excluding carboxylic acids is 3. The van der Waals surface area contributed by atoms with Crippen molar-refractivity contribution in [3.05, 3.63) is 35.4 Å². The van der Waals surface area contributed by atoms with Gasteiger partial charge in [-0.2, -0.15) is 0 Å². The largest absolute Gasteiger partial charge is 0.334 e. The fourth-order valence-corrected chi connectivity index (χ4v) is 7.41. The predicted octanol–water partition coefficient (Wildman–Crippen LogP) is 6.57. The fourth-order valence-electron chi connectivity index (χ4n) is 7.41. The van der Waals surface area contributed by atoms with Crippen molar-refractivity contribution in [2.24, 2.45) is 16.7 Å². The van der Waals surface area contributed by atoms with Crippen LogP contribution in [0, 0.1) is 28.4 Å². The van der Waals surface area contributed by atoms with Gasteiger partial charge in [-0.1, -0.05) is 47.6 Å². The first kappa shape index (κ1) is 33.5. The molecule has 43 heavy (non-hydrogen) atoms. The van der Waals surface area contributed by atoms with Gasteiger partial charge in [-0.15, -0.1) is 0 Å². The van der Waals surface area contributed by atoms with E-state index in [-0.39, 0.29) is 40.6 Å². The highest BCUT2D eigenvalue weighted by molar-refractivity contribution is 5.91. The van der Waals surface area contributed by atoms with E-state index in [1.807, 2.05) is 32.6 Å². The lowest BCUT2D eigenvalue weighted by atomic mass is 9.74. The summed E-state index contributed by atoms with van der Waals surface area (Å²) in [7, 11) is 0. The minimum Gasteiger partial charge on any atom is -0.334 e. The van der Waals surface area contributed by atoms with Gasteiger partial charge in [0.2, 0.25) is 11.8 Å². The number of hydrogen-bond acceptors (Lipinski definition) is 4. The summed E-state index contributed by atoms with van der Waals surface area (Å²) in [5, 5.41) is 0. The van der Waals surface area contributed by atoms with Crippen LogP contribution in [0.2, 0.25) is 0 Å². The Bertz CT molecular complexity index is 1210. The molecule has 240 valence electrons. The maximum Gasteiger partial charge on any atom is 0.228 e. The smallest absolute Gasteiger partial charge is 0.228 e. The Balaban J connectivity index is 1.69. The first-order chi connectivity index (χ1) is 19.8. The number of halogens is 2. The molecule has 3 fully saturated rings. The minimum absolute atomic E-state index is 0.0148. The van der Waals surface area contributed by atoms with Crippen LogP contribution in [-0.4, -0.2) is 75.6 Å². The lowest BCUT2D eigenvalue weighted by Crippen LogP contribution is -2.54. The molecule has 2 aliphatic heterocycles. The molecule has 1 aromatic carbocycles. The minimum atomic E-state index is -0.652. The molecule has 4 rings (SSSR count). The molecule has 2 saturated heterocycles. The number of carbonyl (C=O) groups is 3. The van der Waals surface area contributed by atoms with Crippen LogP contribution in [-0.2, 0) is 14.4 Å². The molecular weight excluding hydrogens is 548 g/mol. The zero-order valence-corrected chi connectivity index (χ0v) is 27.8. The molecule has 1 aliphatic carbocycles. The predicted molar refractivity (Wildman–Crippen MR) is 165 cm³/mol. The van der Waals surface area contributed by atoms with Gasteiger partial charge in [0.1, 0.15) is 11.6 Å². The van der Waals surface area contributed by atoms with Crippen molar-refractivity contribution < 1.29 is 23.2 Å². The molecule has 0 radical (unpaired) electrons. The second-order valence-corrected chi connectivity index (χ2v) is 16.0. The molecule has 0 N–H and O–H groups in total. The van der Waals surface area contributed by atoms with Crippen LogP contribution in [0.25, 0.3) is 0 Å². The van der Waals surface area contributed by atoms with Crippen LogP contribution in [0.1, 0.15) is 112 Å². The number of ketones is 1. The summed E-state index contributed by atoms with van der Waals surface area (Å²) >= 11 is 0. The van der Waals surface area contributed by atoms with Crippen molar-refractivity contribution in [3.8, 4) is 0 Å². The number of nitrogens with zero attached hydrogens (tertiary/aromatic N) is 3. The average molecular weight is 602 g/mol. The van der Waals surface area contributed by atoms with Crippen LogP contribution in [0.15, 0.2) is 18.2 Å². The highest BCUT2D eigenvalue weighted by Crippen LogP contribution is 2.42. The standard InChI is InChI=1S/C35H53F2N3O3/c1-10-30(41)29-18-24(40(32(43)33(2,3)4)23-13-15-35(8,9)16-14-23)19-39(29)31(42)27-21-38(34(5,6)7)20-26(27)25-12-11-22(36)17-28(25)37/h11-12,17,23-24,26-27,29H,10,13-16,18-21H2,1-9H3/t24?,26-,27+,29+/m0/s1. The molecule has 3 aliphatic rings. The third kappa shape index (κ3) is 7.15. The van der Waals surface area contributed by atoms with Gasteiger partial charge >= 0.3 is 0 Å². The number of rotatable bonds is 6. The molecule has 0 spiro atoms. The average Bonchev–Trinajstić information content (AvgIpc) is 3.54. The SMILES string of the molecule is CCC(=O)[C@H]1CC(N(C(=O)C(C)(C)C)C2CCC(C)(C)CC2)CN1C(=O)[C@@H]1CN(C(C)(C)C)C[C@H]1c1ccc(F)cc1F. The summed E-state index contributed by atoms with van der Waals surface area (Å²) in [6, 6.07) is 2.77. The van der Waals surface area contributed by atoms with Crippen molar-refractivity contribution >= 4 is 17.6 Å². The van der Waals surface area contributed by atoms with Crippen molar-refractivity contribution in [2.45, 2.75) is 130 Å². The highest BCUT2D eigenvalue weighted by atomic mass is 19.1. The van der Waals surface area contributed by atoms with E-state index >= 15 is 4.39 Å². The van der Waals surface area contributed by atoms with E-state index in [9.17, 15) is 18.8 Å². The Morgan fingerprint density at radius 3 is 2.12 bits per heavy atom. The molecule has 6 nitrogen and oxygen atoms in total. The van der Waals surface area contributed by atoms with Crippen molar-refractivity contribution in [1.29, 1.82) is 0 Å². The number of hydrogen-bond donors (Lipinski definition) is 0. The third-order valence-electron chi connectivity index (χ3n) is 10.2. The van der Waals surface area contributed by atoms with E-state index in [0.717, 1.165) is 31.7 Å². The number of likely N-dealkylation sites (tertiary alicyclic amines) is 2. The first-order valence-electron chi connectivity index (χ1n) is 16.2. The summed E-state index contributed by atoms with van der Waals surface area (Å²) in [6.45, 7) is 19.5. The molecule has 1 aromatic rings. The quantitative estimate of drug-likeness (QED) is 0.370. The molecule has 4 atom stereocenters. The van der Waals surface area contributed by atoms with Gasteiger partial charge < -0.3 is 9.80 Å². The number of amides is 2. The second-order valence-electron chi connectivity index (χ2n) is 16.0. The van der Waals surface area contributed by atoms with Gasteiger partial charge in [-0.05, 0) is 69.9 Å². The van der Waals surface area contributed by atoms with Gasteiger partial charge in [0.25, 0.3) is 0 Å². The number of Topliss-reactive ketones (excluding diaryl/α,β-unsaturated/α-hetero) is 1. The van der Waals surface area contributed by atoms with Gasteiger partial charge in [-0.25, -0.2) is 8.78 Å². The Labute approximate surface area is 257 Å². The van der Waals surface area contributed by atoms with E-state index in [0.29, 0.717) is 38.0 Å². The topological polar surface area (TPSA) is 60.9 Å². The van der Waals surface area contributed by atoms with Crippen molar-refractivity contribution in [1.82, 2.24) is 14.7 Å². The van der Waals surface area contributed by atoms with Crippen LogP contribution < -0.4 is 0 Å². The van der Waals surface area contributed by atoms with E-state index in [2.05, 4.69) is 39.5 Å². The van der Waals surface area contributed by atoms with E-state index in [4.69, 9.17) is 0 Å². The number of benzene rings is 1. The Morgan fingerprint density at radius 2 is 1.58 bits per heavy atom. The van der Waals surface area contributed by atoms with Gasteiger partial charge in [-0.3, -0.25) is 19.3 Å². The van der Waals surface area contributed by atoms with Crippen LogP contribution in [0.4, 0.5) is 8.78 Å². The maximum atomic E-state index is 15.1. The summed E-state index contributed by atoms with van der Waals surface area (Å²) < 4.78 is 29.0. The van der Waals surface area contributed by atoms with Gasteiger partial charge in [0, 0.05) is 55.0 Å². The Morgan fingerprint density at radius 1 is 0.953 bits per heavy atom. The summed E-state index contributed by atoms with van der Waals surface area (Å²) in [5.74, 6) is -2.50.